The van der Waals surface area contributed by atoms with Crippen LogP contribution in [0.4, 0.5) is 0 Å². The molecule has 1 fully saturated rings. The van der Waals surface area contributed by atoms with E-state index in [1.807, 2.05) is 67.3 Å². The zero-order chi connectivity index (χ0) is 18.1. The van der Waals surface area contributed by atoms with Crippen LogP contribution >= 0.6 is 0 Å². The molecule has 0 unspecified atom stereocenters. The normalized spacial score (nSPS) is 17.5. The van der Waals surface area contributed by atoms with Gasteiger partial charge >= 0.3 is 0 Å². The molecule has 5 heteroatoms. The second-order valence-electron chi connectivity index (χ2n) is 6.62. The second kappa shape index (κ2) is 6.84. The fourth-order valence-electron chi connectivity index (χ4n) is 3.25. The van der Waals surface area contributed by atoms with Crippen LogP contribution in [0.25, 0.3) is 11.0 Å². The number of ether oxygens (including phenoxy) is 1. The summed E-state index contributed by atoms with van der Waals surface area (Å²) >= 11 is 0. The molecule has 0 N–H and O–H groups in total. The van der Waals surface area contributed by atoms with Gasteiger partial charge in [-0.3, -0.25) is 4.79 Å². The molecular formula is C21H21N3O2. The predicted molar refractivity (Wildman–Crippen MR) is 100 cm³/mol. The van der Waals surface area contributed by atoms with Crippen molar-refractivity contribution in [1.29, 1.82) is 0 Å². The van der Waals surface area contributed by atoms with E-state index in [0.29, 0.717) is 25.3 Å². The number of benzene rings is 2. The number of amides is 1. The Kier molecular flexibility index (Phi) is 4.39. The molecule has 0 aliphatic carbocycles. The van der Waals surface area contributed by atoms with E-state index in [4.69, 9.17) is 4.74 Å². The number of morpholine rings is 1. The molecule has 0 radical (unpaired) electrons. The van der Waals surface area contributed by atoms with Gasteiger partial charge < -0.3 is 9.64 Å². The van der Waals surface area contributed by atoms with Crippen molar-refractivity contribution in [3.8, 4) is 0 Å². The zero-order valence-electron chi connectivity index (χ0n) is 15.0. The molecule has 1 aliphatic heterocycles. The molecule has 1 aromatic heterocycles. The van der Waals surface area contributed by atoms with E-state index in [2.05, 4.69) is 9.97 Å². The summed E-state index contributed by atoms with van der Waals surface area (Å²) < 4.78 is 5.86. The molecule has 5 nitrogen and oxygen atoms in total. The molecular weight excluding hydrogens is 326 g/mol. The Morgan fingerprint density at radius 1 is 1.04 bits per heavy atom. The lowest BCUT2D eigenvalue weighted by atomic mass is 10.1. The fourth-order valence-corrected chi connectivity index (χ4v) is 3.25. The molecule has 132 valence electrons. The predicted octanol–water partition coefficient (Wildman–Crippen LogP) is 3.46. The number of hydrogen-bond donors (Lipinski definition) is 0. The third-order valence-electron chi connectivity index (χ3n) is 4.85. The third-order valence-corrected chi connectivity index (χ3v) is 4.85. The van der Waals surface area contributed by atoms with Gasteiger partial charge in [-0.25, -0.2) is 9.97 Å². The molecule has 2 aromatic carbocycles. The van der Waals surface area contributed by atoms with E-state index in [9.17, 15) is 4.79 Å². The van der Waals surface area contributed by atoms with Crippen LogP contribution in [0.1, 0.15) is 33.4 Å². The van der Waals surface area contributed by atoms with E-state index in [-0.39, 0.29) is 12.0 Å². The van der Waals surface area contributed by atoms with Crippen LogP contribution in [0, 0.1) is 13.8 Å². The maximum absolute atomic E-state index is 13.0. The molecule has 26 heavy (non-hydrogen) atoms. The number of hydrogen-bond acceptors (Lipinski definition) is 4. The van der Waals surface area contributed by atoms with Crippen molar-refractivity contribution in [3.05, 3.63) is 71.0 Å². The molecule has 1 saturated heterocycles. The van der Waals surface area contributed by atoms with Gasteiger partial charge in [0.1, 0.15) is 6.10 Å². The lowest BCUT2D eigenvalue weighted by molar-refractivity contribution is -0.0228. The average Bonchev–Trinajstić information content (AvgIpc) is 2.69. The Balaban J connectivity index is 1.58. The lowest BCUT2D eigenvalue weighted by Gasteiger charge is -2.33. The molecule has 4 rings (SSSR count). The van der Waals surface area contributed by atoms with E-state index in [1.165, 1.54) is 0 Å². The summed E-state index contributed by atoms with van der Waals surface area (Å²) in [6.07, 6.45) is -0.0842. The summed E-state index contributed by atoms with van der Waals surface area (Å²) in [7, 11) is 0. The number of nitrogens with zero attached hydrogens (tertiary/aromatic N) is 3. The van der Waals surface area contributed by atoms with E-state index < -0.39 is 0 Å². The molecule has 1 aliphatic rings. The Bertz CT molecular complexity index is 956. The highest BCUT2D eigenvalue weighted by molar-refractivity contribution is 5.97. The van der Waals surface area contributed by atoms with Gasteiger partial charge in [-0.2, -0.15) is 0 Å². The first kappa shape index (κ1) is 16.7. The van der Waals surface area contributed by atoms with Gasteiger partial charge in [0.25, 0.3) is 5.91 Å². The zero-order valence-corrected chi connectivity index (χ0v) is 15.0. The summed E-state index contributed by atoms with van der Waals surface area (Å²) in [6.45, 7) is 5.57. The van der Waals surface area contributed by atoms with Gasteiger partial charge in [0.05, 0.1) is 35.6 Å². The smallest absolute Gasteiger partial charge is 0.254 e. The van der Waals surface area contributed by atoms with Gasteiger partial charge in [-0.05, 0) is 37.6 Å². The number of rotatable bonds is 2. The van der Waals surface area contributed by atoms with Crippen molar-refractivity contribution >= 4 is 16.9 Å². The van der Waals surface area contributed by atoms with Crippen LogP contribution in [0.3, 0.4) is 0 Å². The van der Waals surface area contributed by atoms with E-state index in [0.717, 1.165) is 28.0 Å². The molecule has 3 aromatic rings. The minimum absolute atomic E-state index is 0.0103. The van der Waals surface area contributed by atoms with Crippen LogP contribution in [-0.4, -0.2) is 40.5 Å². The van der Waals surface area contributed by atoms with Crippen LogP contribution in [-0.2, 0) is 4.74 Å². The summed E-state index contributed by atoms with van der Waals surface area (Å²) in [5.74, 6) is 0.0103. The maximum Gasteiger partial charge on any atom is 0.254 e. The van der Waals surface area contributed by atoms with Crippen molar-refractivity contribution in [1.82, 2.24) is 14.9 Å². The van der Waals surface area contributed by atoms with E-state index in [1.54, 1.807) is 0 Å². The van der Waals surface area contributed by atoms with Crippen molar-refractivity contribution < 1.29 is 9.53 Å². The highest BCUT2D eigenvalue weighted by Gasteiger charge is 2.26. The number of aromatic nitrogens is 2. The summed E-state index contributed by atoms with van der Waals surface area (Å²) in [5.41, 5.74) is 5.11. The second-order valence-corrected chi connectivity index (χ2v) is 6.62. The quantitative estimate of drug-likeness (QED) is 0.712. The van der Waals surface area contributed by atoms with Gasteiger partial charge in [-0.15, -0.1) is 0 Å². The first-order chi connectivity index (χ1) is 12.6. The van der Waals surface area contributed by atoms with Gasteiger partial charge in [-0.1, -0.05) is 30.3 Å². The van der Waals surface area contributed by atoms with Crippen molar-refractivity contribution in [2.24, 2.45) is 0 Å². The third kappa shape index (κ3) is 3.18. The Labute approximate surface area is 152 Å². The Morgan fingerprint density at radius 3 is 2.54 bits per heavy atom. The maximum atomic E-state index is 13.0. The topological polar surface area (TPSA) is 55.3 Å². The first-order valence-electron chi connectivity index (χ1n) is 8.82. The lowest BCUT2D eigenvalue weighted by Crippen LogP contribution is -2.42. The van der Waals surface area contributed by atoms with Gasteiger partial charge in [0.2, 0.25) is 0 Å². The molecule has 0 bridgehead atoms. The average molecular weight is 347 g/mol. The Morgan fingerprint density at radius 2 is 1.77 bits per heavy atom. The minimum atomic E-state index is -0.0842. The number of carbonyl (C=O) groups excluding carboxylic acids is 1. The highest BCUT2D eigenvalue weighted by Crippen LogP contribution is 2.24. The van der Waals surface area contributed by atoms with Gasteiger partial charge in [0, 0.05) is 12.1 Å². The van der Waals surface area contributed by atoms with Crippen molar-refractivity contribution in [3.63, 3.8) is 0 Å². The fraction of sp³-hybridized carbons (Fsp3) is 0.286. The SMILES string of the molecule is Cc1nc2ccc(C(=O)N3CCO[C@@H](c4ccccc4)C3)cc2nc1C. The van der Waals surface area contributed by atoms with Crippen LogP contribution in [0.15, 0.2) is 48.5 Å². The summed E-state index contributed by atoms with van der Waals surface area (Å²) in [5, 5.41) is 0. The molecule has 1 amide bonds. The molecule has 1 atom stereocenters. The minimum Gasteiger partial charge on any atom is -0.370 e. The van der Waals surface area contributed by atoms with Crippen molar-refractivity contribution in [2.75, 3.05) is 19.7 Å². The summed E-state index contributed by atoms with van der Waals surface area (Å²) in [6, 6.07) is 15.6. The van der Waals surface area contributed by atoms with Crippen LogP contribution in [0.2, 0.25) is 0 Å². The molecule has 2 heterocycles. The largest absolute Gasteiger partial charge is 0.370 e. The van der Waals surface area contributed by atoms with Crippen LogP contribution < -0.4 is 0 Å². The Hall–Kier alpha value is -2.79. The van der Waals surface area contributed by atoms with Gasteiger partial charge in [0.15, 0.2) is 0 Å². The standard InChI is InChI=1S/C21H21N3O2/c1-14-15(2)23-19-12-17(8-9-18(19)22-14)21(25)24-10-11-26-20(13-24)16-6-4-3-5-7-16/h3-9,12,20H,10-11,13H2,1-2H3/t20-/m1/s1. The first-order valence-corrected chi connectivity index (χ1v) is 8.82. The molecule has 0 saturated carbocycles. The number of carbonyl (C=O) groups is 1. The van der Waals surface area contributed by atoms with Crippen LogP contribution in [0.5, 0.6) is 0 Å². The number of fused-ring (bicyclic) bond motifs is 1. The monoisotopic (exact) mass is 347 g/mol. The molecule has 0 spiro atoms. The highest BCUT2D eigenvalue weighted by atomic mass is 16.5. The summed E-state index contributed by atoms with van der Waals surface area (Å²) in [4.78, 5) is 24.0. The van der Waals surface area contributed by atoms with E-state index >= 15 is 0 Å². The number of aryl methyl sites for hydroxylation is 2. The van der Waals surface area contributed by atoms with Crippen molar-refractivity contribution in [2.45, 2.75) is 20.0 Å².